The number of rotatable bonds is 5. The molecule has 0 saturated heterocycles. The summed E-state index contributed by atoms with van der Waals surface area (Å²) >= 11 is -1.87. The summed E-state index contributed by atoms with van der Waals surface area (Å²) in [7, 11) is 0. The maximum absolute atomic E-state index is 12.3. The molecule has 9 heteroatoms. The van der Waals surface area contributed by atoms with Crippen molar-refractivity contribution in [1.82, 2.24) is 15.3 Å². The van der Waals surface area contributed by atoms with Crippen molar-refractivity contribution in [2.45, 2.75) is 31.2 Å². The number of hydrogen-bond acceptors (Lipinski definition) is 5. The maximum Gasteiger partial charge on any atom is 0.231 e. The minimum atomic E-state index is -1.87. The number of amidine groups is 1. The van der Waals surface area contributed by atoms with Gasteiger partial charge in [-0.25, -0.2) is 14.3 Å². The van der Waals surface area contributed by atoms with Crippen LogP contribution in [-0.4, -0.2) is 38.4 Å². The summed E-state index contributed by atoms with van der Waals surface area (Å²) in [6.07, 6.45) is 6.06. The van der Waals surface area contributed by atoms with Gasteiger partial charge < -0.3 is 10.3 Å². The number of carbonyl (C=O) groups is 1. The number of aromatic amines is 1. The summed E-state index contributed by atoms with van der Waals surface area (Å²) < 4.78 is 15.9. The average Bonchev–Trinajstić information content (AvgIpc) is 3.19. The molecule has 1 aromatic heterocycles. The topological polar surface area (TPSA) is 122 Å². The largest absolute Gasteiger partial charge is 0.345 e. The van der Waals surface area contributed by atoms with Gasteiger partial charge in [-0.1, -0.05) is 36.4 Å². The Kier molecular flexibility index (Phi) is 5.10. The predicted octanol–water partition coefficient (Wildman–Crippen LogP) is 1.95. The number of aliphatic imine (C=N–C) groups is 1. The second-order valence-corrected chi connectivity index (χ2v) is 8.76. The van der Waals surface area contributed by atoms with Crippen molar-refractivity contribution in [3.05, 3.63) is 54.0 Å². The van der Waals surface area contributed by atoms with Crippen LogP contribution in [0.15, 0.2) is 47.6 Å². The number of nitrogens with one attached hydrogen (secondary N) is 2. The Morgan fingerprint density at radius 1 is 1.27 bits per heavy atom. The highest BCUT2D eigenvalue weighted by atomic mass is 32.2. The van der Waals surface area contributed by atoms with Crippen molar-refractivity contribution in [2.24, 2.45) is 22.0 Å². The quantitative estimate of drug-likeness (QED) is 0.676. The Morgan fingerprint density at radius 2 is 2.10 bits per heavy atom. The van der Waals surface area contributed by atoms with E-state index in [0.29, 0.717) is 30.5 Å². The van der Waals surface area contributed by atoms with Gasteiger partial charge >= 0.3 is 0 Å². The van der Waals surface area contributed by atoms with Gasteiger partial charge in [0, 0.05) is 23.8 Å². The molecule has 2 saturated carbocycles. The monoisotopic (exact) mass is 425 g/mol. The molecule has 2 aromatic rings. The van der Waals surface area contributed by atoms with Gasteiger partial charge in [-0.3, -0.25) is 14.0 Å². The van der Waals surface area contributed by atoms with Crippen molar-refractivity contribution < 1.29 is 13.2 Å². The number of benzene rings is 1. The molecule has 156 valence electrons. The minimum absolute atomic E-state index is 0.0608. The highest BCUT2D eigenvalue weighted by molar-refractivity contribution is 7.77. The van der Waals surface area contributed by atoms with E-state index in [0.717, 1.165) is 29.2 Å². The zero-order valence-electron chi connectivity index (χ0n) is 16.3. The molecule has 5 atom stereocenters. The van der Waals surface area contributed by atoms with Crippen molar-refractivity contribution in [1.29, 1.82) is 0 Å². The van der Waals surface area contributed by atoms with Crippen LogP contribution in [0.3, 0.4) is 0 Å². The van der Waals surface area contributed by atoms with E-state index in [2.05, 4.69) is 16.4 Å². The number of aromatic nitrogens is 2. The lowest BCUT2D eigenvalue weighted by Gasteiger charge is -2.12. The van der Waals surface area contributed by atoms with Gasteiger partial charge in [0.15, 0.2) is 5.84 Å². The van der Waals surface area contributed by atoms with Crippen molar-refractivity contribution in [3.63, 3.8) is 0 Å². The van der Waals surface area contributed by atoms with Gasteiger partial charge in [0.1, 0.15) is 17.3 Å². The van der Waals surface area contributed by atoms with E-state index in [1.165, 1.54) is 0 Å². The predicted molar refractivity (Wildman–Crippen MR) is 113 cm³/mol. The fraction of sp³-hybridized carbons (Fsp3) is 0.381. The molecule has 4 N–H and O–H groups in total. The van der Waals surface area contributed by atoms with Gasteiger partial charge in [0.25, 0.3) is 0 Å². The number of nitrogens with two attached hydrogens (primary N) is 1. The minimum Gasteiger partial charge on any atom is -0.345 e. The fourth-order valence-electron chi connectivity index (χ4n) is 4.28. The molecule has 0 bridgehead atoms. The second kappa shape index (κ2) is 7.90. The van der Waals surface area contributed by atoms with Gasteiger partial charge in [-0.2, -0.15) is 0 Å². The number of carbonyl (C=O) groups excluding carboxylic acids is 1. The van der Waals surface area contributed by atoms with Gasteiger partial charge in [-0.15, -0.1) is 0 Å². The first-order chi connectivity index (χ1) is 14.6. The molecule has 0 spiro atoms. The molecule has 0 amide bonds. The number of Topliss-reactive ketones (excluding diaryl/α,β-unsaturated/α-hetero) is 1. The molecule has 0 radical (unpaired) electrons. The number of allylic oxidation sites excluding steroid dienone is 1. The van der Waals surface area contributed by atoms with Gasteiger partial charge in [0.2, 0.25) is 11.3 Å². The third-order valence-corrected chi connectivity index (χ3v) is 6.29. The SMILES string of the molecule is NS(=O)OC[C@H]1CC(N=C2NC=CC3CC3c3[nH]c(-c4ccccc4)nc32)CC1=O. The number of fused-ring (bicyclic) bond motifs is 3. The van der Waals surface area contributed by atoms with E-state index < -0.39 is 11.3 Å². The number of nitrogens with zero attached hydrogens (tertiary/aromatic N) is 2. The van der Waals surface area contributed by atoms with Crippen LogP contribution < -0.4 is 10.5 Å². The van der Waals surface area contributed by atoms with E-state index in [4.69, 9.17) is 19.3 Å². The fourth-order valence-corrected chi connectivity index (χ4v) is 4.58. The Morgan fingerprint density at radius 3 is 2.90 bits per heavy atom. The first-order valence-electron chi connectivity index (χ1n) is 10.1. The standard InChI is InChI=1S/C21H23N5O3S/c22-30(28)29-11-14-8-15(10-17(14)27)24-21-19-18(16-9-13(16)6-7-23-21)25-20(26-19)12-4-2-1-3-5-12/h1-7,13-16H,8-11,22H2,(H,23,24)(H,25,26)/t13?,14-,15?,16?,30?/m1/s1. The van der Waals surface area contributed by atoms with Crippen molar-refractivity contribution in [3.8, 4) is 11.4 Å². The van der Waals surface area contributed by atoms with Gasteiger partial charge in [0.05, 0.1) is 18.3 Å². The zero-order chi connectivity index (χ0) is 20.7. The van der Waals surface area contributed by atoms with Crippen molar-refractivity contribution >= 4 is 22.9 Å². The molecule has 4 unspecified atom stereocenters. The lowest BCUT2D eigenvalue weighted by Crippen LogP contribution is -2.24. The summed E-state index contributed by atoms with van der Waals surface area (Å²) in [5.41, 5.74) is 2.94. The van der Waals surface area contributed by atoms with Crippen LogP contribution >= 0.6 is 0 Å². The van der Waals surface area contributed by atoms with Crippen LogP contribution in [0.1, 0.15) is 36.6 Å². The zero-order valence-corrected chi connectivity index (χ0v) is 17.1. The summed E-state index contributed by atoms with van der Waals surface area (Å²) in [5.74, 6) is 2.15. The Bertz CT molecular complexity index is 1050. The lowest BCUT2D eigenvalue weighted by atomic mass is 10.1. The Balaban J connectivity index is 1.44. The third-order valence-electron chi connectivity index (χ3n) is 5.92. The summed E-state index contributed by atoms with van der Waals surface area (Å²) in [4.78, 5) is 25.5. The first-order valence-corrected chi connectivity index (χ1v) is 11.2. The van der Waals surface area contributed by atoms with Crippen LogP contribution in [0.4, 0.5) is 0 Å². The molecule has 2 heterocycles. The van der Waals surface area contributed by atoms with E-state index in [9.17, 15) is 9.00 Å². The highest BCUT2D eigenvalue weighted by Gasteiger charge is 2.42. The van der Waals surface area contributed by atoms with Crippen LogP contribution in [0.25, 0.3) is 11.4 Å². The maximum atomic E-state index is 12.3. The third kappa shape index (κ3) is 3.88. The van der Waals surface area contributed by atoms with E-state index in [1.54, 1.807) is 0 Å². The summed E-state index contributed by atoms with van der Waals surface area (Å²) in [6, 6.07) is 9.85. The van der Waals surface area contributed by atoms with E-state index >= 15 is 0 Å². The Labute approximate surface area is 176 Å². The molecular weight excluding hydrogens is 402 g/mol. The number of H-pyrrole nitrogens is 1. The molecule has 1 aromatic carbocycles. The molecule has 2 fully saturated rings. The molecular formula is C21H23N5O3S. The van der Waals surface area contributed by atoms with Gasteiger partial charge in [-0.05, 0) is 25.0 Å². The summed E-state index contributed by atoms with van der Waals surface area (Å²) in [6.45, 7) is 0.0617. The smallest absolute Gasteiger partial charge is 0.231 e. The van der Waals surface area contributed by atoms with E-state index in [1.807, 2.05) is 36.5 Å². The van der Waals surface area contributed by atoms with Crippen LogP contribution in [0.2, 0.25) is 0 Å². The van der Waals surface area contributed by atoms with Crippen LogP contribution in [-0.2, 0) is 20.2 Å². The van der Waals surface area contributed by atoms with Crippen LogP contribution in [0.5, 0.6) is 0 Å². The molecule has 30 heavy (non-hydrogen) atoms. The number of hydrogen-bond donors (Lipinski definition) is 3. The Hall–Kier alpha value is -2.62. The second-order valence-electron chi connectivity index (χ2n) is 8.00. The summed E-state index contributed by atoms with van der Waals surface area (Å²) in [5, 5.41) is 8.42. The molecule has 8 nitrogen and oxygen atoms in total. The van der Waals surface area contributed by atoms with E-state index in [-0.39, 0.29) is 24.3 Å². The molecule has 2 aliphatic carbocycles. The lowest BCUT2D eigenvalue weighted by molar-refractivity contribution is -0.121. The van der Waals surface area contributed by atoms with Crippen molar-refractivity contribution in [2.75, 3.05) is 6.61 Å². The molecule has 5 rings (SSSR count). The average molecular weight is 426 g/mol. The molecule has 3 aliphatic rings. The normalized spacial score (nSPS) is 29.6. The number of ketones is 1. The van der Waals surface area contributed by atoms with Crippen LogP contribution in [0, 0.1) is 11.8 Å². The first kappa shape index (κ1) is 19.3. The highest BCUT2D eigenvalue weighted by Crippen LogP contribution is 2.49. The molecule has 1 aliphatic heterocycles. The number of imidazole rings is 1.